The molecular weight excluding hydrogens is 406 g/mol. The van der Waals surface area contributed by atoms with Gasteiger partial charge in [0.15, 0.2) is 0 Å². The molecule has 8 heteroatoms. The highest BCUT2D eigenvalue weighted by atomic mass is 32.2. The Kier molecular flexibility index (Phi) is 7.13. The first-order chi connectivity index (χ1) is 13.9. The van der Waals surface area contributed by atoms with Gasteiger partial charge in [0.2, 0.25) is 0 Å². The number of rotatable bonds is 7. The van der Waals surface area contributed by atoms with Crippen LogP contribution < -0.4 is 26.6 Å². The molecule has 2 aromatic heterocycles. The van der Waals surface area contributed by atoms with Gasteiger partial charge in [0.1, 0.15) is 16.4 Å². The van der Waals surface area contributed by atoms with Gasteiger partial charge in [0, 0.05) is 17.2 Å². The third kappa shape index (κ3) is 5.96. The summed E-state index contributed by atoms with van der Waals surface area (Å²) in [7, 11) is 5.67. The van der Waals surface area contributed by atoms with E-state index in [0.29, 0.717) is 5.75 Å². The van der Waals surface area contributed by atoms with Crippen LogP contribution in [0.2, 0.25) is 0 Å². The number of nitrogens with one attached hydrogen (secondary N) is 2. The zero-order valence-corrected chi connectivity index (χ0v) is 18.2. The molecule has 6 nitrogen and oxygen atoms in total. The lowest BCUT2D eigenvalue weighted by Crippen LogP contribution is -2.46. The fourth-order valence-corrected chi connectivity index (χ4v) is 4.83. The number of H-pyrrole nitrogens is 2. The van der Waals surface area contributed by atoms with Crippen LogP contribution in [0.3, 0.4) is 0 Å². The van der Waals surface area contributed by atoms with Gasteiger partial charge in [0.25, 0.3) is 11.1 Å². The van der Waals surface area contributed by atoms with Crippen molar-refractivity contribution in [3.05, 3.63) is 78.2 Å². The smallest absolute Gasteiger partial charge is 0.272 e. The molecule has 0 fully saturated rings. The Bertz CT molecular complexity index is 1210. The molecule has 3 rings (SSSR count). The largest absolute Gasteiger partial charge is 0.497 e. The Labute approximate surface area is 176 Å². The number of ether oxygens (including phenoxy) is 1. The molecule has 0 aliphatic rings. The molecule has 29 heavy (non-hydrogen) atoms. The van der Waals surface area contributed by atoms with Crippen LogP contribution in [-0.2, 0) is 0 Å². The van der Waals surface area contributed by atoms with Crippen molar-refractivity contribution >= 4 is 35.3 Å². The molecule has 3 aromatic rings. The monoisotopic (exact) mass is 429 g/mol. The molecule has 152 valence electrons. The summed E-state index contributed by atoms with van der Waals surface area (Å²) in [5.74, 6) is 1.68. The van der Waals surface area contributed by atoms with Crippen molar-refractivity contribution in [1.82, 2.24) is 14.9 Å². The summed E-state index contributed by atoms with van der Waals surface area (Å²) in [6.45, 7) is 1.000. The molecule has 2 heterocycles. The van der Waals surface area contributed by atoms with Crippen molar-refractivity contribution < 1.29 is 4.74 Å². The minimum atomic E-state index is -0.351. The van der Waals surface area contributed by atoms with E-state index >= 15 is 0 Å². The third-order valence-corrected chi connectivity index (χ3v) is 6.30. The van der Waals surface area contributed by atoms with Crippen molar-refractivity contribution in [1.29, 1.82) is 0 Å². The fraction of sp³-hybridized carbons (Fsp3) is 0.238. The highest BCUT2D eigenvalue weighted by molar-refractivity contribution is 8.01. The average molecular weight is 430 g/mol. The predicted molar refractivity (Wildman–Crippen MR) is 121 cm³/mol. The second-order valence-electron chi connectivity index (χ2n) is 6.61. The van der Waals surface area contributed by atoms with Gasteiger partial charge in [-0.05, 0) is 56.1 Å². The lowest BCUT2D eigenvalue weighted by atomic mass is 10.2. The van der Waals surface area contributed by atoms with Crippen LogP contribution in [-0.4, -0.2) is 48.4 Å². The summed E-state index contributed by atoms with van der Waals surface area (Å²) in [6.07, 6.45) is 3.33. The molecule has 1 aromatic carbocycles. The zero-order valence-electron chi connectivity index (χ0n) is 16.5. The molecule has 0 aliphatic carbocycles. The molecule has 0 saturated heterocycles. The molecule has 0 atom stereocenters. The van der Waals surface area contributed by atoms with Crippen molar-refractivity contribution in [3.8, 4) is 5.75 Å². The molecule has 2 N–H and O–H groups in total. The van der Waals surface area contributed by atoms with Gasteiger partial charge in [0.05, 0.1) is 11.3 Å². The molecular formula is C21H23N3O3S2. The summed E-state index contributed by atoms with van der Waals surface area (Å²) in [6, 6.07) is 11.3. The van der Waals surface area contributed by atoms with Crippen LogP contribution in [0.25, 0.3) is 12.2 Å². The van der Waals surface area contributed by atoms with Gasteiger partial charge in [-0.2, -0.15) is 0 Å². The van der Waals surface area contributed by atoms with Crippen molar-refractivity contribution in [2.75, 3.05) is 33.5 Å². The Morgan fingerprint density at radius 2 is 1.79 bits per heavy atom. The van der Waals surface area contributed by atoms with E-state index in [2.05, 4.69) is 14.9 Å². The van der Waals surface area contributed by atoms with Crippen LogP contribution in [0.1, 0.15) is 10.4 Å². The Morgan fingerprint density at radius 3 is 2.48 bits per heavy atom. The number of benzene rings is 1. The lowest BCUT2D eigenvalue weighted by Gasteiger charge is -2.07. The number of nitrogens with zero attached hydrogens (tertiary/aromatic N) is 1. The molecule has 0 aliphatic heterocycles. The molecule has 0 radical (unpaired) electrons. The van der Waals surface area contributed by atoms with Gasteiger partial charge < -0.3 is 19.6 Å². The Hall–Kier alpha value is -2.55. The second kappa shape index (κ2) is 9.78. The highest BCUT2D eigenvalue weighted by Crippen LogP contribution is 2.27. The van der Waals surface area contributed by atoms with Crippen LogP contribution in [0.5, 0.6) is 5.75 Å². The number of aromatic nitrogens is 2. The van der Waals surface area contributed by atoms with E-state index in [1.165, 1.54) is 4.21 Å². The normalized spacial score (nSPS) is 12.7. The first-order valence-corrected chi connectivity index (χ1v) is 10.8. The number of hydrogen-bond donors (Lipinski definition) is 2. The van der Waals surface area contributed by atoms with E-state index in [1.807, 2.05) is 44.4 Å². The maximum Gasteiger partial charge on any atom is 0.272 e. The molecule has 0 saturated carbocycles. The maximum atomic E-state index is 12.5. The van der Waals surface area contributed by atoms with Crippen LogP contribution >= 0.6 is 23.1 Å². The highest BCUT2D eigenvalue weighted by Gasteiger charge is 2.02. The minimum Gasteiger partial charge on any atom is -0.497 e. The van der Waals surface area contributed by atoms with Crippen LogP contribution in [0.15, 0.2) is 50.2 Å². The van der Waals surface area contributed by atoms with Gasteiger partial charge in [-0.3, -0.25) is 9.59 Å². The van der Waals surface area contributed by atoms with Gasteiger partial charge >= 0.3 is 0 Å². The predicted octanol–water partition coefficient (Wildman–Crippen LogP) is 1.44. The summed E-state index contributed by atoms with van der Waals surface area (Å²) < 4.78 is 6.36. The summed E-state index contributed by atoms with van der Waals surface area (Å²) in [4.78, 5) is 33.3. The zero-order chi connectivity index (χ0) is 20.8. The van der Waals surface area contributed by atoms with Crippen molar-refractivity contribution in [2.24, 2.45) is 0 Å². The van der Waals surface area contributed by atoms with E-state index in [9.17, 15) is 9.59 Å². The van der Waals surface area contributed by atoms with Gasteiger partial charge in [-0.25, -0.2) is 0 Å². The van der Waals surface area contributed by atoms with E-state index in [0.717, 1.165) is 22.7 Å². The Balaban J connectivity index is 1.88. The number of thioether (sulfide) groups is 1. The quantitative estimate of drug-likeness (QED) is 0.556. The molecule has 0 spiro atoms. The fourth-order valence-electron chi connectivity index (χ4n) is 2.55. The summed E-state index contributed by atoms with van der Waals surface area (Å²) in [5, 5.41) is 0.441. The van der Waals surface area contributed by atoms with E-state index in [4.69, 9.17) is 4.74 Å². The van der Waals surface area contributed by atoms with Crippen molar-refractivity contribution in [3.63, 3.8) is 0 Å². The summed E-state index contributed by atoms with van der Waals surface area (Å²) >= 11 is 3.38. The van der Waals surface area contributed by atoms with E-state index in [1.54, 1.807) is 48.4 Å². The van der Waals surface area contributed by atoms with Crippen molar-refractivity contribution in [2.45, 2.75) is 4.21 Å². The maximum absolute atomic E-state index is 12.5. The summed E-state index contributed by atoms with van der Waals surface area (Å²) in [5.41, 5.74) is 0.0737. The lowest BCUT2D eigenvalue weighted by molar-refractivity contribution is 0.414. The third-order valence-electron chi connectivity index (χ3n) is 4.06. The second-order valence-corrected chi connectivity index (χ2v) is 9.12. The molecule has 0 unspecified atom stereocenters. The Morgan fingerprint density at radius 1 is 1.07 bits per heavy atom. The topological polar surface area (TPSA) is 78.2 Å². The number of methoxy groups -OCH3 is 1. The van der Waals surface area contributed by atoms with Gasteiger partial charge in [-0.15, -0.1) is 23.1 Å². The molecule has 0 bridgehead atoms. The van der Waals surface area contributed by atoms with Gasteiger partial charge in [-0.1, -0.05) is 12.1 Å². The number of thiophene rings is 1. The molecule has 0 amide bonds. The minimum absolute atomic E-state index is 0.200. The van der Waals surface area contributed by atoms with E-state index < -0.39 is 0 Å². The van der Waals surface area contributed by atoms with Crippen LogP contribution in [0.4, 0.5) is 0 Å². The first kappa shape index (κ1) is 21.2. The van der Waals surface area contributed by atoms with Crippen LogP contribution in [0, 0.1) is 0 Å². The number of hydrogen-bond acceptors (Lipinski definition) is 6. The standard InChI is InChI=1S/C21H23N3O3S2/c1-24(2)9-10-28-19-8-7-16(29-19)13-18-21(26)22-17(20(25)23-18)12-14-5-4-6-15(11-14)27-3/h4-8,11-13H,9-10H2,1-3H3,(H,22,26)(H,23,25)/b17-12-,18-13-. The first-order valence-electron chi connectivity index (χ1n) is 9.02. The number of aromatic amines is 2. The van der Waals surface area contributed by atoms with E-state index in [-0.39, 0.29) is 21.8 Å². The average Bonchev–Trinajstić information content (AvgIpc) is 3.13. The SMILES string of the molecule is COc1cccc(/C=c2\[nH]c(=O)/c(=C/c3ccc(SCCN(C)C)s3)[nH]c2=O)c1.